The van der Waals surface area contributed by atoms with Crippen molar-refractivity contribution < 1.29 is 9.59 Å². The lowest BCUT2D eigenvalue weighted by Crippen LogP contribution is -2.34. The molecule has 5 nitrogen and oxygen atoms in total. The summed E-state index contributed by atoms with van der Waals surface area (Å²) >= 11 is 0. The molecule has 0 aromatic heterocycles. The number of carbonyl (C=O) groups is 2. The van der Waals surface area contributed by atoms with E-state index >= 15 is 0 Å². The largest absolute Gasteiger partial charge is 0.336 e. The summed E-state index contributed by atoms with van der Waals surface area (Å²) in [5, 5.41) is 8.34. The molecule has 5 heteroatoms. The van der Waals surface area contributed by atoms with Gasteiger partial charge >= 0.3 is 6.03 Å². The topological polar surface area (TPSA) is 70.2 Å². The van der Waals surface area contributed by atoms with Crippen LogP contribution in [0, 0.1) is 5.41 Å². The fraction of sp³-hybridized carbons (Fsp3) is 0.500. The highest BCUT2D eigenvalue weighted by Gasteiger charge is 2.17. The van der Waals surface area contributed by atoms with Crippen molar-refractivity contribution in [1.29, 1.82) is 0 Å². The molecule has 0 aliphatic heterocycles. The van der Waals surface area contributed by atoms with Gasteiger partial charge in [0.15, 0.2) is 0 Å². The Kier molecular flexibility index (Phi) is 5.76. The Bertz CT molecular complexity index is 504. The van der Waals surface area contributed by atoms with E-state index in [9.17, 15) is 9.59 Å². The van der Waals surface area contributed by atoms with Crippen molar-refractivity contribution in [3.63, 3.8) is 0 Å². The lowest BCUT2D eigenvalue weighted by atomic mass is 9.92. The maximum Gasteiger partial charge on any atom is 0.319 e. The van der Waals surface area contributed by atoms with Crippen LogP contribution in [0.15, 0.2) is 24.3 Å². The van der Waals surface area contributed by atoms with Crippen LogP contribution in [0.2, 0.25) is 0 Å². The number of carbonyl (C=O) groups excluding carboxylic acids is 2. The molecule has 0 saturated heterocycles. The van der Waals surface area contributed by atoms with Crippen LogP contribution in [0.25, 0.3) is 0 Å². The molecule has 0 unspecified atom stereocenters. The van der Waals surface area contributed by atoms with E-state index in [0.717, 1.165) is 0 Å². The van der Waals surface area contributed by atoms with Crippen molar-refractivity contribution in [3.05, 3.63) is 24.3 Å². The van der Waals surface area contributed by atoms with Crippen molar-refractivity contribution in [2.75, 3.05) is 10.6 Å². The molecule has 21 heavy (non-hydrogen) atoms. The van der Waals surface area contributed by atoms with Gasteiger partial charge in [0.2, 0.25) is 5.91 Å². The number of para-hydroxylation sites is 2. The SMILES string of the molecule is CC(C)NC(=O)Nc1ccccc1NC(=O)CC(C)(C)C. The molecule has 0 spiro atoms. The summed E-state index contributed by atoms with van der Waals surface area (Å²) in [6, 6.07) is 6.91. The molecule has 0 fully saturated rings. The van der Waals surface area contributed by atoms with E-state index < -0.39 is 0 Å². The number of nitrogens with one attached hydrogen (secondary N) is 3. The average Bonchev–Trinajstić information content (AvgIpc) is 2.27. The molecule has 0 aliphatic rings. The minimum Gasteiger partial charge on any atom is -0.336 e. The fourth-order valence-electron chi connectivity index (χ4n) is 1.80. The zero-order valence-electron chi connectivity index (χ0n) is 13.4. The highest BCUT2D eigenvalue weighted by Crippen LogP contribution is 2.24. The molecule has 0 radical (unpaired) electrons. The number of rotatable bonds is 4. The predicted octanol–water partition coefficient (Wildman–Crippen LogP) is 3.59. The second kappa shape index (κ2) is 7.11. The molecule has 116 valence electrons. The number of hydrogen-bond acceptors (Lipinski definition) is 2. The molecule has 0 heterocycles. The van der Waals surface area contributed by atoms with Crippen LogP contribution >= 0.6 is 0 Å². The Balaban J connectivity index is 2.75. The first-order valence-corrected chi connectivity index (χ1v) is 7.14. The molecular weight excluding hydrogens is 266 g/mol. The fourth-order valence-corrected chi connectivity index (χ4v) is 1.80. The van der Waals surface area contributed by atoms with Gasteiger partial charge in [0.05, 0.1) is 11.4 Å². The standard InChI is InChI=1S/C16H25N3O2/c1-11(2)17-15(21)19-13-9-7-6-8-12(13)18-14(20)10-16(3,4)5/h6-9,11H,10H2,1-5H3,(H,18,20)(H2,17,19,21). The van der Waals surface area contributed by atoms with Crippen LogP contribution in [0.5, 0.6) is 0 Å². The van der Waals surface area contributed by atoms with Crippen molar-refractivity contribution in [2.45, 2.75) is 47.1 Å². The Morgan fingerprint density at radius 2 is 1.57 bits per heavy atom. The van der Waals surface area contributed by atoms with Gasteiger partial charge in [-0.3, -0.25) is 4.79 Å². The monoisotopic (exact) mass is 291 g/mol. The number of anilines is 2. The summed E-state index contributed by atoms with van der Waals surface area (Å²) in [7, 11) is 0. The smallest absolute Gasteiger partial charge is 0.319 e. The summed E-state index contributed by atoms with van der Waals surface area (Å²) in [5.74, 6) is -0.0685. The van der Waals surface area contributed by atoms with Crippen LogP contribution in [0.4, 0.5) is 16.2 Å². The lowest BCUT2D eigenvalue weighted by molar-refractivity contribution is -0.117. The Labute approximate surface area is 126 Å². The second-order valence-electron chi connectivity index (χ2n) is 6.58. The average molecular weight is 291 g/mol. The Morgan fingerprint density at radius 1 is 1.05 bits per heavy atom. The van der Waals surface area contributed by atoms with Crippen LogP contribution in [0.3, 0.4) is 0 Å². The van der Waals surface area contributed by atoms with Gasteiger partial charge in [-0.1, -0.05) is 32.9 Å². The van der Waals surface area contributed by atoms with Gasteiger partial charge in [-0.05, 0) is 31.4 Å². The van der Waals surface area contributed by atoms with Crippen molar-refractivity contribution in [3.8, 4) is 0 Å². The van der Waals surface area contributed by atoms with Gasteiger partial charge in [-0.15, -0.1) is 0 Å². The maximum absolute atomic E-state index is 12.0. The summed E-state index contributed by atoms with van der Waals surface area (Å²) in [6.07, 6.45) is 0.416. The minimum absolute atomic E-state index is 0.0487. The van der Waals surface area contributed by atoms with E-state index in [-0.39, 0.29) is 23.4 Å². The highest BCUT2D eigenvalue weighted by molar-refractivity contribution is 5.99. The van der Waals surface area contributed by atoms with E-state index in [1.54, 1.807) is 12.1 Å². The predicted molar refractivity (Wildman–Crippen MR) is 86.4 cm³/mol. The van der Waals surface area contributed by atoms with Crippen LogP contribution in [-0.4, -0.2) is 18.0 Å². The third kappa shape index (κ3) is 6.79. The van der Waals surface area contributed by atoms with Crippen LogP contribution in [-0.2, 0) is 4.79 Å². The second-order valence-corrected chi connectivity index (χ2v) is 6.58. The van der Waals surface area contributed by atoms with Crippen LogP contribution in [0.1, 0.15) is 41.0 Å². The number of urea groups is 1. The maximum atomic E-state index is 12.0. The molecule has 0 aliphatic carbocycles. The van der Waals surface area contributed by atoms with Gasteiger partial charge in [-0.2, -0.15) is 0 Å². The lowest BCUT2D eigenvalue weighted by Gasteiger charge is -2.19. The Morgan fingerprint density at radius 3 is 2.05 bits per heavy atom. The molecular formula is C16H25N3O2. The van der Waals surface area contributed by atoms with Crippen molar-refractivity contribution >= 4 is 23.3 Å². The molecule has 1 aromatic carbocycles. The van der Waals surface area contributed by atoms with E-state index in [1.807, 2.05) is 46.8 Å². The molecule has 1 aromatic rings. The van der Waals surface area contributed by atoms with E-state index in [1.165, 1.54) is 0 Å². The van der Waals surface area contributed by atoms with Gasteiger partial charge in [0, 0.05) is 12.5 Å². The Hall–Kier alpha value is -2.04. The third-order valence-electron chi connectivity index (χ3n) is 2.56. The van der Waals surface area contributed by atoms with Crippen molar-refractivity contribution in [2.24, 2.45) is 5.41 Å². The minimum atomic E-state index is -0.289. The van der Waals surface area contributed by atoms with Gasteiger partial charge < -0.3 is 16.0 Å². The van der Waals surface area contributed by atoms with Gasteiger partial charge in [-0.25, -0.2) is 4.79 Å². The quantitative estimate of drug-likeness (QED) is 0.793. The van der Waals surface area contributed by atoms with E-state index in [4.69, 9.17) is 0 Å². The number of hydrogen-bond donors (Lipinski definition) is 3. The zero-order valence-corrected chi connectivity index (χ0v) is 13.4. The zero-order chi connectivity index (χ0) is 16.0. The van der Waals surface area contributed by atoms with Gasteiger partial charge in [0.25, 0.3) is 0 Å². The highest BCUT2D eigenvalue weighted by atomic mass is 16.2. The summed E-state index contributed by atoms with van der Waals surface area (Å²) in [5.41, 5.74) is 1.10. The summed E-state index contributed by atoms with van der Waals surface area (Å²) < 4.78 is 0. The first-order valence-electron chi connectivity index (χ1n) is 7.14. The summed E-state index contributed by atoms with van der Waals surface area (Å²) in [6.45, 7) is 9.79. The number of amides is 3. The molecule has 3 amide bonds. The van der Waals surface area contributed by atoms with E-state index in [0.29, 0.717) is 17.8 Å². The van der Waals surface area contributed by atoms with Crippen LogP contribution < -0.4 is 16.0 Å². The molecule has 0 saturated carbocycles. The molecule has 3 N–H and O–H groups in total. The molecule has 0 bridgehead atoms. The first-order chi connectivity index (χ1) is 9.67. The number of benzene rings is 1. The molecule has 0 atom stereocenters. The van der Waals surface area contributed by atoms with Gasteiger partial charge in [0.1, 0.15) is 0 Å². The molecule has 1 rings (SSSR count). The van der Waals surface area contributed by atoms with Crippen molar-refractivity contribution in [1.82, 2.24) is 5.32 Å². The third-order valence-corrected chi connectivity index (χ3v) is 2.56. The normalized spacial score (nSPS) is 11.1. The van der Waals surface area contributed by atoms with E-state index in [2.05, 4.69) is 16.0 Å². The first kappa shape index (κ1) is 17.0. The summed E-state index contributed by atoms with van der Waals surface area (Å²) in [4.78, 5) is 23.8.